The zero-order chi connectivity index (χ0) is 18.3. The minimum atomic E-state index is -1.16. The number of aromatic nitrogens is 4. The summed E-state index contributed by atoms with van der Waals surface area (Å²) < 4.78 is 13.6. The van der Waals surface area contributed by atoms with Gasteiger partial charge in [-0.3, -0.25) is 4.57 Å². The third-order valence-corrected chi connectivity index (χ3v) is 5.31. The number of nitrogen functional groups attached to an aromatic ring is 1. The van der Waals surface area contributed by atoms with Crippen LogP contribution in [0.3, 0.4) is 0 Å². The number of ether oxygens (including phenoxy) is 2. The highest BCUT2D eigenvalue weighted by molar-refractivity contribution is 7.14. The normalized spacial score (nSPS) is 26.0. The highest BCUT2D eigenvalue weighted by Gasteiger charge is 2.44. The molecule has 0 spiro atoms. The minimum Gasteiger partial charge on any atom is -0.387 e. The number of hydrogen-bond donors (Lipinski definition) is 3. The highest BCUT2D eigenvalue weighted by Crippen LogP contribution is 2.32. The summed E-state index contributed by atoms with van der Waals surface area (Å²) >= 11 is 7.30. The number of imidazole rings is 1. The van der Waals surface area contributed by atoms with E-state index in [0.717, 1.165) is 5.56 Å². The van der Waals surface area contributed by atoms with E-state index in [1.807, 2.05) is 11.4 Å². The first kappa shape index (κ1) is 17.6. The monoisotopic (exact) mass is 397 g/mol. The number of nitrogens with two attached hydrogens (primary N) is 1. The predicted octanol–water partition coefficient (Wildman–Crippen LogP) is 0.959. The minimum absolute atomic E-state index is 0.117. The van der Waals surface area contributed by atoms with Crippen molar-refractivity contribution in [3.05, 3.63) is 34.0 Å². The third-order valence-electron chi connectivity index (χ3n) is 4.17. The van der Waals surface area contributed by atoms with E-state index >= 15 is 0 Å². The van der Waals surface area contributed by atoms with Crippen LogP contribution in [0.2, 0.25) is 4.34 Å². The first-order valence-corrected chi connectivity index (χ1v) is 9.05. The summed E-state index contributed by atoms with van der Waals surface area (Å²) in [7, 11) is 0. The quantitative estimate of drug-likeness (QED) is 0.580. The van der Waals surface area contributed by atoms with Gasteiger partial charge < -0.3 is 25.4 Å². The average molecular weight is 398 g/mol. The predicted molar refractivity (Wildman–Crippen MR) is 94.6 cm³/mol. The first-order chi connectivity index (χ1) is 12.5. The molecule has 0 bridgehead atoms. The highest BCUT2D eigenvalue weighted by atomic mass is 35.5. The maximum Gasteiger partial charge on any atom is 0.167 e. The topological polar surface area (TPSA) is 129 Å². The molecule has 1 fully saturated rings. The molecule has 138 valence electrons. The van der Waals surface area contributed by atoms with Crippen molar-refractivity contribution in [1.82, 2.24) is 19.5 Å². The molecule has 9 nitrogen and oxygen atoms in total. The summed E-state index contributed by atoms with van der Waals surface area (Å²) in [4.78, 5) is 12.2. The molecule has 0 aromatic carbocycles. The summed E-state index contributed by atoms with van der Waals surface area (Å²) in [5.41, 5.74) is 7.54. The number of rotatable bonds is 5. The van der Waals surface area contributed by atoms with Crippen LogP contribution in [-0.2, 0) is 16.1 Å². The molecule has 3 aromatic rings. The molecule has 0 aliphatic carbocycles. The van der Waals surface area contributed by atoms with E-state index in [9.17, 15) is 10.2 Å². The number of aliphatic hydroxyl groups excluding tert-OH is 2. The molecule has 1 saturated heterocycles. The fraction of sp³-hybridized carbons (Fsp3) is 0.400. The molecule has 4 rings (SSSR count). The molecule has 1 aliphatic heterocycles. The van der Waals surface area contributed by atoms with E-state index in [1.165, 1.54) is 28.6 Å². The van der Waals surface area contributed by atoms with Gasteiger partial charge in [-0.25, -0.2) is 15.0 Å². The van der Waals surface area contributed by atoms with Gasteiger partial charge >= 0.3 is 0 Å². The van der Waals surface area contributed by atoms with Gasteiger partial charge in [0.1, 0.15) is 30.2 Å². The fourth-order valence-electron chi connectivity index (χ4n) is 2.87. The smallest absolute Gasteiger partial charge is 0.167 e. The van der Waals surface area contributed by atoms with E-state index < -0.39 is 24.5 Å². The number of fused-ring (bicyclic) bond motifs is 1. The van der Waals surface area contributed by atoms with Crippen LogP contribution in [0.15, 0.2) is 24.1 Å². The Bertz CT molecular complexity index is 918. The zero-order valence-corrected chi connectivity index (χ0v) is 15.0. The number of halogens is 1. The Kier molecular flexibility index (Phi) is 4.78. The van der Waals surface area contributed by atoms with Crippen molar-refractivity contribution in [3.8, 4) is 0 Å². The molecular formula is C15H16ClN5O4S. The number of anilines is 1. The molecule has 1 aliphatic rings. The van der Waals surface area contributed by atoms with Gasteiger partial charge in [-0.15, -0.1) is 11.3 Å². The zero-order valence-electron chi connectivity index (χ0n) is 13.4. The molecule has 26 heavy (non-hydrogen) atoms. The van der Waals surface area contributed by atoms with Crippen LogP contribution < -0.4 is 5.73 Å². The lowest BCUT2D eigenvalue weighted by Crippen LogP contribution is -2.33. The molecule has 11 heteroatoms. The van der Waals surface area contributed by atoms with E-state index in [0.29, 0.717) is 22.1 Å². The van der Waals surface area contributed by atoms with Crippen LogP contribution in [0.5, 0.6) is 0 Å². The van der Waals surface area contributed by atoms with E-state index in [2.05, 4.69) is 15.0 Å². The van der Waals surface area contributed by atoms with Crippen LogP contribution in [-0.4, -0.2) is 54.7 Å². The summed E-state index contributed by atoms with van der Waals surface area (Å²) in [6.07, 6.45) is -1.06. The van der Waals surface area contributed by atoms with Gasteiger partial charge in [-0.2, -0.15) is 0 Å². The average Bonchev–Trinajstić information content (AvgIpc) is 3.30. The first-order valence-electron chi connectivity index (χ1n) is 7.80. The Morgan fingerprint density at radius 3 is 2.92 bits per heavy atom. The van der Waals surface area contributed by atoms with Gasteiger partial charge in [-0.05, 0) is 17.0 Å². The van der Waals surface area contributed by atoms with Crippen LogP contribution >= 0.6 is 22.9 Å². The Balaban J connectivity index is 1.46. The van der Waals surface area contributed by atoms with Crippen molar-refractivity contribution in [1.29, 1.82) is 0 Å². The van der Waals surface area contributed by atoms with Crippen molar-refractivity contribution < 1.29 is 19.7 Å². The lowest BCUT2D eigenvalue weighted by atomic mass is 10.1. The lowest BCUT2D eigenvalue weighted by Gasteiger charge is -2.16. The Morgan fingerprint density at radius 1 is 1.31 bits per heavy atom. The third kappa shape index (κ3) is 3.15. The second-order valence-electron chi connectivity index (χ2n) is 5.90. The molecule has 4 N–H and O–H groups in total. The number of aliphatic hydroxyl groups is 2. The second kappa shape index (κ2) is 7.06. The van der Waals surface area contributed by atoms with Gasteiger partial charge in [0.2, 0.25) is 0 Å². The Hall–Kier alpha value is -1.82. The van der Waals surface area contributed by atoms with Crippen molar-refractivity contribution in [2.24, 2.45) is 0 Å². The van der Waals surface area contributed by atoms with Crippen LogP contribution in [0.25, 0.3) is 11.2 Å². The second-order valence-corrected chi connectivity index (χ2v) is 7.45. The maximum absolute atomic E-state index is 10.4. The Morgan fingerprint density at radius 2 is 2.15 bits per heavy atom. The largest absolute Gasteiger partial charge is 0.387 e. The molecule has 0 saturated carbocycles. The molecule has 0 amide bonds. The van der Waals surface area contributed by atoms with Crippen molar-refractivity contribution in [3.63, 3.8) is 0 Å². The van der Waals surface area contributed by atoms with Crippen molar-refractivity contribution in [2.45, 2.75) is 31.1 Å². The standard InChI is InChI=1S/C15H16ClN5O4S/c16-9-1-7(4-26-9)2-24-3-8-11(22)12(23)15(25-8)21-6-20-10-13(17)18-5-19-14(10)21/h1,4-6,8,11-12,15,22-23H,2-3H2,(H2,17,18,19)/t8-,11-,12-,15-/m1/s1. The molecule has 3 aromatic heterocycles. The molecule has 0 unspecified atom stereocenters. The summed E-state index contributed by atoms with van der Waals surface area (Å²) in [5, 5.41) is 22.6. The van der Waals surface area contributed by atoms with Gasteiger partial charge in [0.15, 0.2) is 17.7 Å². The van der Waals surface area contributed by atoms with Crippen LogP contribution in [0.1, 0.15) is 11.8 Å². The van der Waals surface area contributed by atoms with Crippen molar-refractivity contribution in [2.75, 3.05) is 12.3 Å². The summed E-state index contributed by atoms with van der Waals surface area (Å²) in [5.74, 6) is 0.232. The fourth-order valence-corrected chi connectivity index (χ4v) is 3.76. The van der Waals surface area contributed by atoms with Gasteiger partial charge in [0.25, 0.3) is 0 Å². The lowest BCUT2D eigenvalue weighted by molar-refractivity contribution is -0.0682. The van der Waals surface area contributed by atoms with Crippen LogP contribution in [0, 0.1) is 0 Å². The molecular weight excluding hydrogens is 382 g/mol. The summed E-state index contributed by atoms with van der Waals surface area (Å²) in [6, 6.07) is 1.82. The maximum atomic E-state index is 10.4. The van der Waals surface area contributed by atoms with Crippen LogP contribution in [0.4, 0.5) is 5.82 Å². The van der Waals surface area contributed by atoms with Gasteiger partial charge in [0, 0.05) is 0 Å². The molecule has 4 heterocycles. The molecule has 0 radical (unpaired) electrons. The Labute approximate surface area is 157 Å². The number of hydrogen-bond acceptors (Lipinski definition) is 9. The van der Waals surface area contributed by atoms with Crippen molar-refractivity contribution >= 4 is 39.9 Å². The molecule has 4 atom stereocenters. The SMILES string of the molecule is Nc1ncnc2c1ncn2[C@@H]1O[C@H](COCc2csc(Cl)c2)[C@@H](O)[C@H]1O. The van der Waals surface area contributed by atoms with E-state index in [4.69, 9.17) is 26.8 Å². The number of thiophene rings is 1. The van der Waals surface area contributed by atoms with E-state index in [-0.39, 0.29) is 12.4 Å². The summed E-state index contributed by atoms with van der Waals surface area (Å²) in [6.45, 7) is 0.459. The van der Waals surface area contributed by atoms with Gasteiger partial charge in [0.05, 0.1) is 23.9 Å². The number of nitrogens with zero attached hydrogens (tertiary/aromatic N) is 4. The van der Waals surface area contributed by atoms with Gasteiger partial charge in [-0.1, -0.05) is 11.6 Å². The van der Waals surface area contributed by atoms with E-state index in [1.54, 1.807) is 0 Å².